The molecule has 0 aromatic rings. The van der Waals surface area contributed by atoms with Crippen molar-refractivity contribution in [2.45, 2.75) is 131 Å². The molecule has 8 atom stereocenters. The number of carbonyl (C=O) groups excluding carboxylic acids is 2. The maximum atomic E-state index is 12.4. The summed E-state index contributed by atoms with van der Waals surface area (Å²) in [6.45, 7) is 14.6. The summed E-state index contributed by atoms with van der Waals surface area (Å²) in [4.78, 5) is 24.0. The van der Waals surface area contributed by atoms with E-state index in [0.29, 0.717) is 12.0 Å². The van der Waals surface area contributed by atoms with E-state index in [4.69, 9.17) is 9.47 Å². The van der Waals surface area contributed by atoms with Gasteiger partial charge < -0.3 is 9.47 Å². The number of ether oxygens (including phenoxy) is 2. The Morgan fingerprint density at radius 3 is 2.46 bits per heavy atom. The van der Waals surface area contributed by atoms with Crippen LogP contribution in [0.4, 0.5) is 0 Å². The number of esters is 2. The summed E-state index contributed by atoms with van der Waals surface area (Å²) in [6, 6.07) is 0. The second-order valence-corrected chi connectivity index (χ2v) is 13.9. The van der Waals surface area contributed by atoms with Crippen molar-refractivity contribution in [2.24, 2.45) is 46.3 Å². The Morgan fingerprint density at radius 1 is 0.973 bits per heavy atom. The summed E-state index contributed by atoms with van der Waals surface area (Å²) >= 11 is 0. The molecular formula is C33H54O4. The highest BCUT2D eigenvalue weighted by atomic mass is 16.5. The zero-order chi connectivity index (χ0) is 26.8. The maximum absolute atomic E-state index is 12.4. The monoisotopic (exact) mass is 514 g/mol. The summed E-state index contributed by atoms with van der Waals surface area (Å²) < 4.78 is 10.8. The van der Waals surface area contributed by atoms with Gasteiger partial charge in [0.05, 0.1) is 19.4 Å². The molecule has 4 aliphatic carbocycles. The summed E-state index contributed by atoms with van der Waals surface area (Å²) in [5, 5.41) is 0. The van der Waals surface area contributed by atoms with Crippen molar-refractivity contribution >= 4 is 11.9 Å². The SMILES string of the molecule is CCOC(=O)CCC(=O)OC1CC[C@@]2(C)C(=CC[C@H]3[C@@H]4CC[C@H]([C@H](C)CCCC(C)C)[C@@]4(C)CC[C@@H]32)C1. The number of rotatable bonds is 10. The molecule has 4 aliphatic rings. The van der Waals surface area contributed by atoms with E-state index in [1.807, 2.05) is 0 Å². The molecule has 0 bridgehead atoms. The molecule has 1 unspecified atom stereocenters. The Hall–Kier alpha value is -1.32. The Kier molecular flexibility index (Phi) is 9.17. The van der Waals surface area contributed by atoms with E-state index in [2.05, 4.69) is 40.7 Å². The highest BCUT2D eigenvalue weighted by Crippen LogP contribution is 2.67. The van der Waals surface area contributed by atoms with Gasteiger partial charge >= 0.3 is 11.9 Å². The van der Waals surface area contributed by atoms with E-state index in [0.717, 1.165) is 54.8 Å². The Labute approximate surface area is 226 Å². The predicted octanol–water partition coefficient (Wildman–Crippen LogP) is 8.28. The molecule has 0 spiro atoms. The highest BCUT2D eigenvalue weighted by molar-refractivity contribution is 5.77. The van der Waals surface area contributed by atoms with Crippen LogP contribution in [0.2, 0.25) is 0 Å². The average Bonchev–Trinajstić information content (AvgIpc) is 3.20. The minimum atomic E-state index is -0.319. The number of carbonyl (C=O) groups is 2. The highest BCUT2D eigenvalue weighted by Gasteiger charge is 2.59. The molecule has 4 nitrogen and oxygen atoms in total. The Balaban J connectivity index is 1.36. The van der Waals surface area contributed by atoms with Gasteiger partial charge in [-0.05, 0) is 98.2 Å². The van der Waals surface area contributed by atoms with Crippen molar-refractivity contribution in [1.82, 2.24) is 0 Å². The summed E-state index contributed by atoms with van der Waals surface area (Å²) in [6.07, 6.45) is 16.7. The van der Waals surface area contributed by atoms with Gasteiger partial charge in [-0.3, -0.25) is 9.59 Å². The lowest BCUT2D eigenvalue weighted by molar-refractivity contribution is -0.155. The van der Waals surface area contributed by atoms with Gasteiger partial charge in [0.25, 0.3) is 0 Å². The lowest BCUT2D eigenvalue weighted by atomic mass is 9.47. The third-order valence-corrected chi connectivity index (χ3v) is 11.4. The first-order valence-corrected chi connectivity index (χ1v) is 15.6. The number of hydrogen-bond donors (Lipinski definition) is 0. The molecule has 0 radical (unpaired) electrons. The van der Waals surface area contributed by atoms with Gasteiger partial charge in [-0.25, -0.2) is 0 Å². The topological polar surface area (TPSA) is 52.6 Å². The Bertz CT molecular complexity index is 845. The predicted molar refractivity (Wildman–Crippen MR) is 149 cm³/mol. The average molecular weight is 515 g/mol. The third kappa shape index (κ3) is 5.98. The first-order chi connectivity index (χ1) is 17.6. The van der Waals surface area contributed by atoms with Gasteiger partial charge in [0.1, 0.15) is 6.10 Å². The fraction of sp³-hybridized carbons (Fsp3) is 0.879. The molecule has 0 heterocycles. The fourth-order valence-electron chi connectivity index (χ4n) is 9.43. The molecular weight excluding hydrogens is 460 g/mol. The molecule has 0 saturated heterocycles. The molecule has 3 fully saturated rings. The first kappa shape index (κ1) is 28.7. The van der Waals surface area contributed by atoms with Gasteiger partial charge in [0.15, 0.2) is 0 Å². The summed E-state index contributed by atoms with van der Waals surface area (Å²) in [7, 11) is 0. The lowest BCUT2D eigenvalue weighted by Crippen LogP contribution is -2.51. The Morgan fingerprint density at radius 2 is 1.73 bits per heavy atom. The zero-order valence-corrected chi connectivity index (χ0v) is 24.7. The van der Waals surface area contributed by atoms with Crippen LogP contribution in [0.15, 0.2) is 11.6 Å². The molecule has 4 heteroatoms. The van der Waals surface area contributed by atoms with Gasteiger partial charge in [-0.15, -0.1) is 0 Å². The molecule has 0 aliphatic heterocycles. The molecule has 3 saturated carbocycles. The van der Waals surface area contributed by atoms with Crippen molar-refractivity contribution < 1.29 is 19.1 Å². The van der Waals surface area contributed by atoms with Crippen molar-refractivity contribution in [3.05, 3.63) is 11.6 Å². The van der Waals surface area contributed by atoms with Crippen LogP contribution in [0.25, 0.3) is 0 Å². The standard InChI is InChI=1S/C33H54O4/c1-7-36-30(34)15-16-31(35)37-25-17-19-32(5)24(21-25)11-12-26-28-14-13-27(23(4)10-8-9-22(2)3)33(28,6)20-18-29(26)32/h11,22-23,25-29H,7-10,12-21H2,1-6H3/t23-,25?,26+,27-,28+,29+,32+,33-/m1/s1. The number of allylic oxidation sites excluding steroid dienone is 1. The van der Waals surface area contributed by atoms with Crippen LogP contribution in [0, 0.1) is 46.3 Å². The maximum Gasteiger partial charge on any atom is 0.306 e. The van der Waals surface area contributed by atoms with Crippen LogP contribution in [-0.2, 0) is 19.1 Å². The first-order valence-electron chi connectivity index (χ1n) is 15.6. The van der Waals surface area contributed by atoms with E-state index in [9.17, 15) is 9.59 Å². The van der Waals surface area contributed by atoms with Crippen LogP contribution in [-0.4, -0.2) is 24.6 Å². The van der Waals surface area contributed by atoms with E-state index in [-0.39, 0.29) is 36.3 Å². The van der Waals surface area contributed by atoms with Crippen molar-refractivity contribution in [1.29, 1.82) is 0 Å². The lowest BCUT2D eigenvalue weighted by Gasteiger charge is -2.58. The van der Waals surface area contributed by atoms with Crippen LogP contribution >= 0.6 is 0 Å². The molecule has 37 heavy (non-hydrogen) atoms. The van der Waals surface area contributed by atoms with Gasteiger partial charge in [-0.1, -0.05) is 65.5 Å². The molecule has 0 aromatic heterocycles. The molecule has 0 amide bonds. The number of fused-ring (bicyclic) bond motifs is 5. The minimum Gasteiger partial charge on any atom is -0.466 e. The van der Waals surface area contributed by atoms with Gasteiger partial charge in [-0.2, -0.15) is 0 Å². The normalized spacial score (nSPS) is 37.7. The van der Waals surface area contributed by atoms with Crippen LogP contribution < -0.4 is 0 Å². The second kappa shape index (κ2) is 11.8. The van der Waals surface area contributed by atoms with Crippen molar-refractivity contribution in [3.8, 4) is 0 Å². The summed E-state index contributed by atoms with van der Waals surface area (Å²) in [5.41, 5.74) is 2.33. The fourth-order valence-corrected chi connectivity index (χ4v) is 9.43. The molecule has 0 aromatic carbocycles. The van der Waals surface area contributed by atoms with Crippen LogP contribution in [0.1, 0.15) is 125 Å². The van der Waals surface area contributed by atoms with Crippen LogP contribution in [0.5, 0.6) is 0 Å². The smallest absolute Gasteiger partial charge is 0.306 e. The van der Waals surface area contributed by atoms with Gasteiger partial charge in [0, 0.05) is 6.42 Å². The van der Waals surface area contributed by atoms with E-state index >= 15 is 0 Å². The van der Waals surface area contributed by atoms with Crippen molar-refractivity contribution in [3.63, 3.8) is 0 Å². The van der Waals surface area contributed by atoms with E-state index < -0.39 is 0 Å². The van der Waals surface area contributed by atoms with E-state index in [1.54, 1.807) is 12.5 Å². The quantitative estimate of drug-likeness (QED) is 0.217. The largest absolute Gasteiger partial charge is 0.466 e. The minimum absolute atomic E-state index is 0.0398. The molecule has 0 N–H and O–H groups in total. The third-order valence-electron chi connectivity index (χ3n) is 11.4. The van der Waals surface area contributed by atoms with Crippen LogP contribution in [0.3, 0.4) is 0 Å². The summed E-state index contributed by atoms with van der Waals surface area (Å²) in [5.74, 6) is 4.46. The van der Waals surface area contributed by atoms with Crippen molar-refractivity contribution in [2.75, 3.05) is 6.61 Å². The number of hydrogen-bond acceptors (Lipinski definition) is 4. The molecule has 210 valence electrons. The zero-order valence-electron chi connectivity index (χ0n) is 24.7. The molecule has 4 rings (SSSR count). The van der Waals surface area contributed by atoms with E-state index in [1.165, 1.54) is 51.4 Å². The van der Waals surface area contributed by atoms with Gasteiger partial charge in [0.2, 0.25) is 0 Å². The second-order valence-electron chi connectivity index (χ2n) is 13.9.